The number of β-amino-alcohol motifs (C(OH)–C–C–N with tert-alkyl or cyclic N) is 1. The molecule has 0 spiro atoms. The number of hydrogen-bond acceptors (Lipinski definition) is 2. The van der Waals surface area contributed by atoms with Crippen LogP contribution in [-0.4, -0.2) is 35.7 Å². The van der Waals surface area contributed by atoms with Crippen molar-refractivity contribution in [3.8, 4) is 0 Å². The Bertz CT molecular complexity index is 175. The van der Waals surface area contributed by atoms with Gasteiger partial charge in [0.1, 0.15) is 0 Å². The van der Waals surface area contributed by atoms with Crippen LogP contribution < -0.4 is 0 Å². The molecule has 1 aliphatic rings. The summed E-state index contributed by atoms with van der Waals surface area (Å²) in [4.78, 5) is 2.25. The predicted molar refractivity (Wildman–Crippen MR) is 51.0 cm³/mol. The summed E-state index contributed by atoms with van der Waals surface area (Å²) in [5, 5.41) is 9.73. The molecule has 0 radical (unpaired) electrons. The monoisotopic (exact) mass is 169 g/mol. The third-order valence-electron chi connectivity index (χ3n) is 2.51. The van der Waals surface area contributed by atoms with E-state index in [-0.39, 0.29) is 6.10 Å². The maximum Gasteiger partial charge on any atom is 0.0880 e. The average Bonchev–Trinajstić information content (AvgIpc) is 2.03. The molecule has 1 unspecified atom stereocenters. The minimum atomic E-state index is -0.237. The molecule has 0 aliphatic carbocycles. The van der Waals surface area contributed by atoms with Crippen LogP contribution >= 0.6 is 0 Å². The summed E-state index contributed by atoms with van der Waals surface area (Å²) >= 11 is 0. The van der Waals surface area contributed by atoms with Gasteiger partial charge in [0.05, 0.1) is 6.10 Å². The Kier molecular flexibility index (Phi) is 3.29. The first-order chi connectivity index (χ1) is 5.65. The fraction of sp³-hybridized carbons (Fsp3) is 0.800. The van der Waals surface area contributed by atoms with Crippen LogP contribution in [0.15, 0.2) is 11.6 Å². The van der Waals surface area contributed by atoms with Gasteiger partial charge in [0.2, 0.25) is 0 Å². The predicted octanol–water partition coefficient (Wildman–Crippen LogP) is 1.27. The highest BCUT2D eigenvalue weighted by molar-refractivity contribution is 5.15. The SMILES string of the molecule is CCN1CC=C(C(C)C)C(O)C1. The summed E-state index contributed by atoms with van der Waals surface area (Å²) in [5.41, 5.74) is 1.21. The highest BCUT2D eigenvalue weighted by Gasteiger charge is 2.20. The minimum absolute atomic E-state index is 0.237. The van der Waals surface area contributed by atoms with Crippen molar-refractivity contribution in [2.75, 3.05) is 19.6 Å². The highest BCUT2D eigenvalue weighted by atomic mass is 16.3. The molecule has 70 valence electrons. The van der Waals surface area contributed by atoms with Crippen molar-refractivity contribution >= 4 is 0 Å². The molecule has 1 atom stereocenters. The van der Waals surface area contributed by atoms with Gasteiger partial charge in [0.25, 0.3) is 0 Å². The van der Waals surface area contributed by atoms with Crippen molar-refractivity contribution in [1.29, 1.82) is 0 Å². The van der Waals surface area contributed by atoms with Crippen LogP contribution in [0.1, 0.15) is 20.8 Å². The van der Waals surface area contributed by atoms with Gasteiger partial charge < -0.3 is 5.11 Å². The van der Waals surface area contributed by atoms with Crippen LogP contribution in [0.4, 0.5) is 0 Å². The van der Waals surface area contributed by atoms with Crippen LogP contribution in [0.3, 0.4) is 0 Å². The average molecular weight is 169 g/mol. The van der Waals surface area contributed by atoms with Crippen molar-refractivity contribution in [1.82, 2.24) is 4.90 Å². The lowest BCUT2D eigenvalue weighted by Crippen LogP contribution is -2.38. The van der Waals surface area contributed by atoms with E-state index in [9.17, 15) is 5.11 Å². The molecule has 0 amide bonds. The molecule has 2 nitrogen and oxygen atoms in total. The molecule has 0 bridgehead atoms. The van der Waals surface area contributed by atoms with E-state index in [0.717, 1.165) is 19.6 Å². The van der Waals surface area contributed by atoms with E-state index < -0.39 is 0 Å². The Hall–Kier alpha value is -0.340. The molecule has 1 N–H and O–H groups in total. The van der Waals surface area contributed by atoms with Gasteiger partial charge in [-0.3, -0.25) is 4.90 Å². The summed E-state index contributed by atoms with van der Waals surface area (Å²) in [6.07, 6.45) is 1.93. The molecular weight excluding hydrogens is 150 g/mol. The van der Waals surface area contributed by atoms with Crippen LogP contribution in [0.2, 0.25) is 0 Å². The lowest BCUT2D eigenvalue weighted by molar-refractivity contribution is 0.129. The zero-order valence-corrected chi connectivity index (χ0v) is 8.25. The van der Waals surface area contributed by atoms with E-state index >= 15 is 0 Å². The third-order valence-corrected chi connectivity index (χ3v) is 2.51. The first kappa shape index (κ1) is 9.75. The molecule has 1 aliphatic heterocycles. The fourth-order valence-corrected chi connectivity index (χ4v) is 1.67. The molecule has 0 aromatic rings. The Balaban J connectivity index is 2.61. The minimum Gasteiger partial charge on any atom is -0.387 e. The van der Waals surface area contributed by atoms with Crippen LogP contribution in [0, 0.1) is 5.92 Å². The molecule has 2 heteroatoms. The zero-order valence-electron chi connectivity index (χ0n) is 8.25. The second-order valence-electron chi connectivity index (χ2n) is 3.73. The van der Waals surface area contributed by atoms with Crippen molar-refractivity contribution in [3.05, 3.63) is 11.6 Å². The van der Waals surface area contributed by atoms with E-state index in [2.05, 4.69) is 31.7 Å². The van der Waals surface area contributed by atoms with E-state index in [0.29, 0.717) is 5.92 Å². The zero-order chi connectivity index (χ0) is 9.14. The standard InChI is InChI=1S/C10H19NO/c1-4-11-6-5-9(8(2)3)10(12)7-11/h5,8,10,12H,4,6-7H2,1-3H3. The quantitative estimate of drug-likeness (QED) is 0.629. The lowest BCUT2D eigenvalue weighted by atomic mass is 9.94. The van der Waals surface area contributed by atoms with Gasteiger partial charge in [-0.25, -0.2) is 0 Å². The van der Waals surface area contributed by atoms with E-state index in [1.807, 2.05) is 0 Å². The van der Waals surface area contributed by atoms with Gasteiger partial charge in [0.15, 0.2) is 0 Å². The Labute approximate surface area is 74.9 Å². The van der Waals surface area contributed by atoms with E-state index in [1.165, 1.54) is 5.57 Å². The van der Waals surface area contributed by atoms with Gasteiger partial charge in [-0.15, -0.1) is 0 Å². The number of hydrogen-bond donors (Lipinski definition) is 1. The first-order valence-corrected chi connectivity index (χ1v) is 4.75. The Morgan fingerprint density at radius 3 is 2.75 bits per heavy atom. The topological polar surface area (TPSA) is 23.5 Å². The van der Waals surface area contributed by atoms with Gasteiger partial charge >= 0.3 is 0 Å². The normalized spacial score (nSPS) is 26.1. The molecular formula is C10H19NO. The molecule has 12 heavy (non-hydrogen) atoms. The smallest absolute Gasteiger partial charge is 0.0880 e. The number of rotatable bonds is 2. The van der Waals surface area contributed by atoms with E-state index in [1.54, 1.807) is 0 Å². The maximum atomic E-state index is 9.73. The van der Waals surface area contributed by atoms with E-state index in [4.69, 9.17) is 0 Å². The maximum absolute atomic E-state index is 9.73. The van der Waals surface area contributed by atoms with Gasteiger partial charge in [-0.05, 0) is 18.0 Å². The first-order valence-electron chi connectivity index (χ1n) is 4.75. The van der Waals surface area contributed by atoms with Crippen molar-refractivity contribution in [2.24, 2.45) is 5.92 Å². The number of nitrogens with zero attached hydrogens (tertiary/aromatic N) is 1. The van der Waals surface area contributed by atoms with Gasteiger partial charge in [-0.1, -0.05) is 26.8 Å². The molecule has 0 aromatic heterocycles. The summed E-state index contributed by atoms with van der Waals surface area (Å²) in [5.74, 6) is 0.485. The molecule has 0 saturated heterocycles. The van der Waals surface area contributed by atoms with Crippen LogP contribution in [-0.2, 0) is 0 Å². The number of likely N-dealkylation sites (N-methyl/N-ethyl adjacent to an activating group) is 1. The van der Waals surface area contributed by atoms with Crippen LogP contribution in [0.25, 0.3) is 0 Å². The van der Waals surface area contributed by atoms with Crippen molar-refractivity contribution in [2.45, 2.75) is 26.9 Å². The highest BCUT2D eigenvalue weighted by Crippen LogP contribution is 2.18. The summed E-state index contributed by atoms with van der Waals surface area (Å²) in [7, 11) is 0. The van der Waals surface area contributed by atoms with Gasteiger partial charge in [-0.2, -0.15) is 0 Å². The largest absolute Gasteiger partial charge is 0.387 e. The second-order valence-corrected chi connectivity index (χ2v) is 3.73. The lowest BCUT2D eigenvalue weighted by Gasteiger charge is -2.30. The Morgan fingerprint density at radius 1 is 1.67 bits per heavy atom. The fourth-order valence-electron chi connectivity index (χ4n) is 1.67. The third kappa shape index (κ3) is 2.08. The molecule has 0 saturated carbocycles. The second kappa shape index (κ2) is 4.06. The molecule has 1 heterocycles. The molecule has 0 fully saturated rings. The van der Waals surface area contributed by atoms with Gasteiger partial charge in [0, 0.05) is 13.1 Å². The number of aliphatic hydroxyl groups is 1. The summed E-state index contributed by atoms with van der Waals surface area (Å²) in [6.45, 7) is 9.23. The summed E-state index contributed by atoms with van der Waals surface area (Å²) < 4.78 is 0. The molecule has 0 aromatic carbocycles. The summed E-state index contributed by atoms with van der Waals surface area (Å²) in [6, 6.07) is 0. The van der Waals surface area contributed by atoms with Crippen LogP contribution in [0.5, 0.6) is 0 Å². The Morgan fingerprint density at radius 2 is 2.33 bits per heavy atom. The van der Waals surface area contributed by atoms with Crippen molar-refractivity contribution < 1.29 is 5.11 Å². The molecule has 1 rings (SSSR count). The van der Waals surface area contributed by atoms with Crippen molar-refractivity contribution in [3.63, 3.8) is 0 Å². The number of aliphatic hydroxyl groups excluding tert-OH is 1.